The van der Waals surface area contributed by atoms with Crippen LogP contribution in [-0.4, -0.2) is 31.2 Å². The van der Waals surface area contributed by atoms with Crippen LogP contribution in [-0.2, 0) is 6.61 Å². The highest BCUT2D eigenvalue weighted by Crippen LogP contribution is 2.23. The summed E-state index contributed by atoms with van der Waals surface area (Å²) in [6.45, 7) is 8.36. The Labute approximate surface area is 229 Å². The van der Waals surface area contributed by atoms with Crippen LogP contribution >= 0.6 is 11.6 Å². The first-order valence-corrected chi connectivity index (χ1v) is 12.5. The van der Waals surface area contributed by atoms with E-state index in [4.69, 9.17) is 16.3 Å². The minimum Gasteiger partial charge on any atom is -0.485 e. The first-order chi connectivity index (χ1) is 18.4. The number of hydrogen-bond acceptors (Lipinski definition) is 6. The van der Waals surface area contributed by atoms with Crippen LogP contribution in [0.3, 0.4) is 0 Å². The largest absolute Gasteiger partial charge is 0.485 e. The number of rotatable bonds is 8. The third-order valence-corrected chi connectivity index (χ3v) is 6.22. The smallest absolute Gasteiger partial charge is 0.277 e. The fourth-order valence-corrected chi connectivity index (χ4v) is 3.61. The summed E-state index contributed by atoms with van der Waals surface area (Å²) in [6, 6.07) is 5.63. The van der Waals surface area contributed by atoms with Crippen molar-refractivity contribution in [2.24, 2.45) is 4.99 Å². The number of halogens is 3. The number of nitrogens with zero attached hydrogens (tertiary/aromatic N) is 4. The molecule has 0 unspecified atom stereocenters. The van der Waals surface area contributed by atoms with Gasteiger partial charge in [-0.2, -0.15) is 0 Å². The Bertz CT molecular complexity index is 1570. The second-order valence-corrected chi connectivity index (χ2v) is 9.53. The lowest BCUT2D eigenvalue weighted by molar-refractivity contribution is 0.231. The predicted octanol–water partition coefficient (Wildman–Crippen LogP) is 5.05. The highest BCUT2D eigenvalue weighted by molar-refractivity contribution is 6.31. The number of allylic oxidation sites excluding steroid dienone is 1. The SMILES string of the molecule is C/C(=C/N=C(\C=C\n1c(C)cc(OCc2ncc(F)cc2F)c(Cl)c1=O)n1cccc(C(C)C)c1=O)[C@H](C)O. The lowest BCUT2D eigenvalue weighted by Crippen LogP contribution is -2.29. The highest BCUT2D eigenvalue weighted by atomic mass is 35.5. The fourth-order valence-electron chi connectivity index (χ4n) is 3.41. The van der Waals surface area contributed by atoms with E-state index in [2.05, 4.69) is 9.98 Å². The van der Waals surface area contributed by atoms with Crippen molar-refractivity contribution in [3.63, 3.8) is 0 Å². The summed E-state index contributed by atoms with van der Waals surface area (Å²) in [5.74, 6) is -1.54. The van der Waals surface area contributed by atoms with E-state index in [1.165, 1.54) is 33.7 Å². The fraction of sp³-hybridized carbons (Fsp3) is 0.286. The van der Waals surface area contributed by atoms with Gasteiger partial charge in [0.05, 0.1) is 12.3 Å². The maximum Gasteiger partial charge on any atom is 0.277 e. The van der Waals surface area contributed by atoms with Gasteiger partial charge in [0, 0.05) is 42.0 Å². The molecule has 0 aliphatic rings. The standard InChI is InChI=1S/C28H29ClF2N4O4/c1-16(2)21-7-6-9-35(27(21)37)25(33-13-17(3)19(5)36)8-10-34-18(4)11-24(26(29)28(34)38)39-15-23-22(31)12-20(30)14-32-23/h6-14,16,19,36H,15H2,1-5H3/b10-8+,17-13-,33-25+/t19-/m0/s1. The molecular formula is C28H29ClF2N4O4. The molecule has 11 heteroatoms. The quantitative estimate of drug-likeness (QED) is 0.308. The topological polar surface area (TPSA) is 98.7 Å². The van der Waals surface area contributed by atoms with Crippen molar-refractivity contribution in [2.45, 2.75) is 53.2 Å². The maximum atomic E-state index is 13.9. The van der Waals surface area contributed by atoms with Crippen LogP contribution in [0.5, 0.6) is 5.75 Å². The average Bonchev–Trinajstić information content (AvgIpc) is 2.87. The molecule has 0 spiro atoms. The van der Waals surface area contributed by atoms with E-state index in [-0.39, 0.29) is 40.4 Å². The van der Waals surface area contributed by atoms with E-state index >= 15 is 0 Å². The van der Waals surface area contributed by atoms with Gasteiger partial charge in [0.1, 0.15) is 34.7 Å². The molecule has 3 heterocycles. The van der Waals surface area contributed by atoms with Crippen LogP contribution in [0.25, 0.3) is 6.20 Å². The summed E-state index contributed by atoms with van der Waals surface area (Å²) >= 11 is 6.26. The lowest BCUT2D eigenvalue weighted by Gasteiger charge is -2.13. The first-order valence-electron chi connectivity index (χ1n) is 12.1. The molecule has 39 heavy (non-hydrogen) atoms. The zero-order valence-corrected chi connectivity index (χ0v) is 22.9. The summed E-state index contributed by atoms with van der Waals surface area (Å²) in [7, 11) is 0. The third kappa shape index (κ3) is 7.15. The number of hydrogen-bond donors (Lipinski definition) is 1. The van der Waals surface area contributed by atoms with Gasteiger partial charge < -0.3 is 9.84 Å². The van der Waals surface area contributed by atoms with Crippen LogP contribution in [0.2, 0.25) is 5.02 Å². The second-order valence-electron chi connectivity index (χ2n) is 9.16. The summed E-state index contributed by atoms with van der Waals surface area (Å²) < 4.78 is 35.1. The molecule has 1 N–H and O–H groups in total. The van der Waals surface area contributed by atoms with Gasteiger partial charge in [-0.25, -0.2) is 13.8 Å². The molecule has 0 saturated carbocycles. The molecule has 0 amide bonds. The van der Waals surface area contributed by atoms with E-state index in [0.717, 1.165) is 6.20 Å². The van der Waals surface area contributed by atoms with Crippen molar-refractivity contribution in [3.8, 4) is 5.75 Å². The summed E-state index contributed by atoms with van der Waals surface area (Å²) in [4.78, 5) is 34.2. The van der Waals surface area contributed by atoms with Gasteiger partial charge >= 0.3 is 0 Å². The van der Waals surface area contributed by atoms with Crippen LogP contribution < -0.4 is 15.9 Å². The Morgan fingerprint density at radius 3 is 2.59 bits per heavy atom. The van der Waals surface area contributed by atoms with Gasteiger partial charge in [-0.1, -0.05) is 31.5 Å². The van der Waals surface area contributed by atoms with Gasteiger partial charge in [0.15, 0.2) is 5.82 Å². The molecule has 0 fully saturated rings. The van der Waals surface area contributed by atoms with Gasteiger partial charge in [0.2, 0.25) is 0 Å². The Morgan fingerprint density at radius 2 is 1.95 bits per heavy atom. The zero-order chi connectivity index (χ0) is 28.9. The molecule has 3 aromatic rings. The molecule has 0 radical (unpaired) electrons. The Balaban J connectivity index is 2.01. The Kier molecular flexibility index (Phi) is 9.71. The first kappa shape index (κ1) is 29.7. The van der Waals surface area contributed by atoms with Crippen LogP contribution in [0, 0.1) is 18.6 Å². The van der Waals surface area contributed by atoms with Crippen LogP contribution in [0.1, 0.15) is 50.6 Å². The van der Waals surface area contributed by atoms with Crippen molar-refractivity contribution in [2.75, 3.05) is 0 Å². The Morgan fingerprint density at radius 1 is 1.23 bits per heavy atom. The average molecular weight is 559 g/mol. The molecule has 0 aromatic carbocycles. The molecule has 3 aromatic heterocycles. The van der Waals surface area contributed by atoms with E-state index in [1.807, 2.05) is 13.8 Å². The van der Waals surface area contributed by atoms with Crippen molar-refractivity contribution < 1.29 is 18.6 Å². The van der Waals surface area contributed by atoms with E-state index in [0.29, 0.717) is 22.9 Å². The molecule has 0 bridgehead atoms. The molecule has 0 aliphatic heterocycles. The molecule has 1 atom stereocenters. The van der Waals surface area contributed by atoms with Crippen molar-refractivity contribution in [1.29, 1.82) is 0 Å². The number of pyridine rings is 3. The van der Waals surface area contributed by atoms with Crippen molar-refractivity contribution in [1.82, 2.24) is 14.1 Å². The molecule has 0 aliphatic carbocycles. The predicted molar refractivity (Wildman–Crippen MR) is 147 cm³/mol. The maximum absolute atomic E-state index is 13.9. The minimum absolute atomic E-state index is 0.000391. The Hall–Kier alpha value is -3.89. The number of aryl methyl sites for hydroxylation is 1. The van der Waals surface area contributed by atoms with Gasteiger partial charge in [-0.05, 0) is 44.4 Å². The number of aliphatic imine (C=N–C) groups is 1. The van der Waals surface area contributed by atoms with Crippen molar-refractivity contribution >= 4 is 23.6 Å². The monoisotopic (exact) mass is 558 g/mol. The van der Waals surface area contributed by atoms with Crippen LogP contribution in [0.4, 0.5) is 8.78 Å². The third-order valence-electron chi connectivity index (χ3n) is 5.87. The summed E-state index contributed by atoms with van der Waals surface area (Å²) in [6.07, 6.45) is 6.00. The molecule has 3 rings (SSSR count). The van der Waals surface area contributed by atoms with E-state index < -0.39 is 23.3 Å². The number of aliphatic hydroxyl groups is 1. The molecule has 0 saturated heterocycles. The number of ether oxygens (including phenoxy) is 1. The molecular weight excluding hydrogens is 530 g/mol. The summed E-state index contributed by atoms with van der Waals surface area (Å²) in [5, 5.41) is 9.55. The summed E-state index contributed by atoms with van der Waals surface area (Å²) in [5.41, 5.74) is 0.519. The highest BCUT2D eigenvalue weighted by Gasteiger charge is 2.14. The molecule has 206 valence electrons. The zero-order valence-electron chi connectivity index (χ0n) is 22.2. The second kappa shape index (κ2) is 12.8. The van der Waals surface area contributed by atoms with Crippen LogP contribution in [0.15, 0.2) is 69.1 Å². The van der Waals surface area contributed by atoms with E-state index in [9.17, 15) is 23.5 Å². The molecule has 8 nitrogen and oxygen atoms in total. The number of aliphatic hydroxyl groups excluding tert-OH is 1. The normalized spacial score (nSPS) is 13.4. The van der Waals surface area contributed by atoms with Gasteiger partial charge in [0.25, 0.3) is 11.1 Å². The number of aromatic nitrogens is 3. The van der Waals surface area contributed by atoms with Gasteiger partial charge in [-0.3, -0.25) is 23.7 Å². The van der Waals surface area contributed by atoms with E-state index in [1.54, 1.807) is 39.1 Å². The van der Waals surface area contributed by atoms with Crippen molar-refractivity contribution in [3.05, 3.63) is 109 Å². The van der Waals surface area contributed by atoms with Gasteiger partial charge in [-0.15, -0.1) is 0 Å². The lowest BCUT2D eigenvalue weighted by atomic mass is 10.1. The minimum atomic E-state index is -0.886.